The molecule has 0 unspecified atom stereocenters. The highest BCUT2D eigenvalue weighted by Gasteiger charge is 2.17. The molecule has 110 valence electrons. The van der Waals surface area contributed by atoms with Crippen molar-refractivity contribution in [3.63, 3.8) is 0 Å². The summed E-state index contributed by atoms with van der Waals surface area (Å²) in [4.78, 5) is 22.8. The number of hydrogen-bond acceptors (Lipinski definition) is 5. The monoisotopic (exact) mass is 290 g/mol. The predicted octanol–water partition coefficient (Wildman–Crippen LogP) is 0.932. The molecule has 21 heavy (non-hydrogen) atoms. The highest BCUT2D eigenvalue weighted by Crippen LogP contribution is 2.22. The van der Waals surface area contributed by atoms with Gasteiger partial charge in [-0.2, -0.15) is 0 Å². The Kier molecular flexibility index (Phi) is 4.17. The number of carbonyl (C=O) groups excluding carboxylic acids is 1. The van der Waals surface area contributed by atoms with Crippen LogP contribution in [0.5, 0.6) is 5.75 Å². The Hall–Kier alpha value is -2.90. The summed E-state index contributed by atoms with van der Waals surface area (Å²) in [5.41, 5.74) is 0.680. The van der Waals surface area contributed by atoms with E-state index in [4.69, 9.17) is 9.84 Å². The Balaban J connectivity index is 2.10. The first-order valence-corrected chi connectivity index (χ1v) is 6.09. The Morgan fingerprint density at radius 2 is 2.10 bits per heavy atom. The van der Waals surface area contributed by atoms with Gasteiger partial charge in [-0.1, -0.05) is 17.3 Å². The molecule has 2 N–H and O–H groups in total. The number of benzene rings is 1. The van der Waals surface area contributed by atoms with Crippen LogP contribution in [0.4, 0.5) is 5.69 Å². The lowest BCUT2D eigenvalue weighted by Crippen LogP contribution is -2.20. The molecule has 0 saturated heterocycles. The number of ether oxygens (including phenoxy) is 1. The number of rotatable bonds is 5. The number of aromatic carboxylic acids is 1. The van der Waals surface area contributed by atoms with E-state index in [1.54, 1.807) is 31.2 Å². The van der Waals surface area contributed by atoms with Crippen molar-refractivity contribution in [2.24, 2.45) is 0 Å². The van der Waals surface area contributed by atoms with Crippen molar-refractivity contribution in [1.29, 1.82) is 0 Å². The summed E-state index contributed by atoms with van der Waals surface area (Å²) in [5.74, 6) is -0.999. The summed E-state index contributed by atoms with van der Waals surface area (Å²) in [5, 5.41) is 18.7. The van der Waals surface area contributed by atoms with Gasteiger partial charge in [-0.15, -0.1) is 5.10 Å². The van der Waals surface area contributed by atoms with Crippen molar-refractivity contribution >= 4 is 17.6 Å². The standard InChI is InChI=1S/C13H14N4O4/c1-8-12(13(19)20)15-16-17(8)7-11(18)14-9-5-3-4-6-10(9)21-2/h3-6H,7H2,1-2H3,(H,14,18)(H,19,20). The fraction of sp³-hybridized carbons (Fsp3) is 0.231. The van der Waals surface area contributed by atoms with Crippen molar-refractivity contribution < 1.29 is 19.4 Å². The third-order valence-corrected chi connectivity index (χ3v) is 2.86. The number of carboxylic acids is 1. The molecule has 0 aliphatic carbocycles. The van der Waals surface area contributed by atoms with E-state index in [-0.39, 0.29) is 18.1 Å². The van der Waals surface area contributed by atoms with E-state index < -0.39 is 5.97 Å². The van der Waals surface area contributed by atoms with Gasteiger partial charge in [0.25, 0.3) is 0 Å². The number of methoxy groups -OCH3 is 1. The topological polar surface area (TPSA) is 106 Å². The molecule has 1 heterocycles. The van der Waals surface area contributed by atoms with Crippen LogP contribution in [-0.4, -0.2) is 39.1 Å². The third kappa shape index (κ3) is 3.16. The summed E-state index contributed by atoms with van der Waals surface area (Å²) in [6.07, 6.45) is 0. The molecule has 0 aliphatic rings. The highest BCUT2D eigenvalue weighted by atomic mass is 16.5. The number of nitrogens with one attached hydrogen (secondary N) is 1. The molecular weight excluding hydrogens is 276 g/mol. The number of aromatic nitrogens is 3. The predicted molar refractivity (Wildman–Crippen MR) is 73.3 cm³/mol. The zero-order valence-electron chi connectivity index (χ0n) is 11.5. The molecule has 1 aromatic carbocycles. The van der Waals surface area contributed by atoms with Crippen LogP contribution in [0.3, 0.4) is 0 Å². The molecule has 0 saturated carbocycles. The fourth-order valence-electron chi connectivity index (χ4n) is 1.78. The average Bonchev–Trinajstić information content (AvgIpc) is 2.81. The first-order chi connectivity index (χ1) is 10.0. The van der Waals surface area contributed by atoms with E-state index in [0.29, 0.717) is 17.1 Å². The maximum Gasteiger partial charge on any atom is 0.358 e. The largest absolute Gasteiger partial charge is 0.495 e. The second-order valence-corrected chi connectivity index (χ2v) is 4.23. The van der Waals surface area contributed by atoms with Crippen LogP contribution >= 0.6 is 0 Å². The highest BCUT2D eigenvalue weighted by molar-refractivity contribution is 5.92. The van der Waals surface area contributed by atoms with Gasteiger partial charge in [0.2, 0.25) is 5.91 Å². The van der Waals surface area contributed by atoms with Gasteiger partial charge >= 0.3 is 5.97 Å². The van der Waals surface area contributed by atoms with Crippen LogP contribution in [-0.2, 0) is 11.3 Å². The van der Waals surface area contributed by atoms with Crippen LogP contribution in [0.1, 0.15) is 16.2 Å². The van der Waals surface area contributed by atoms with Crippen molar-refractivity contribution in [3.05, 3.63) is 35.7 Å². The quantitative estimate of drug-likeness (QED) is 0.848. The van der Waals surface area contributed by atoms with Crippen LogP contribution in [0, 0.1) is 6.92 Å². The maximum atomic E-state index is 12.0. The molecule has 0 aliphatic heterocycles. The molecule has 8 nitrogen and oxygen atoms in total. The lowest BCUT2D eigenvalue weighted by Gasteiger charge is -2.10. The van der Waals surface area contributed by atoms with Gasteiger partial charge < -0.3 is 15.2 Å². The minimum Gasteiger partial charge on any atom is -0.495 e. The Morgan fingerprint density at radius 1 is 1.38 bits per heavy atom. The first-order valence-electron chi connectivity index (χ1n) is 6.09. The Morgan fingerprint density at radius 3 is 2.71 bits per heavy atom. The summed E-state index contributed by atoms with van der Waals surface area (Å²) < 4.78 is 6.36. The SMILES string of the molecule is COc1ccccc1NC(=O)Cn1nnc(C(=O)O)c1C. The van der Waals surface area contributed by atoms with Gasteiger partial charge in [0.1, 0.15) is 12.3 Å². The number of amides is 1. The van der Waals surface area contributed by atoms with Crippen LogP contribution in [0.15, 0.2) is 24.3 Å². The molecular formula is C13H14N4O4. The molecule has 0 spiro atoms. The van der Waals surface area contributed by atoms with Gasteiger partial charge in [0.05, 0.1) is 18.5 Å². The number of hydrogen-bond donors (Lipinski definition) is 2. The van der Waals surface area contributed by atoms with E-state index >= 15 is 0 Å². The Labute approximate surface area is 120 Å². The normalized spacial score (nSPS) is 10.2. The molecule has 0 bridgehead atoms. The van der Waals surface area contributed by atoms with E-state index in [1.807, 2.05) is 0 Å². The second kappa shape index (κ2) is 6.04. The number of carboxylic acid groups (broad SMARTS) is 1. The van der Waals surface area contributed by atoms with Gasteiger partial charge in [-0.05, 0) is 19.1 Å². The van der Waals surface area contributed by atoms with Crippen LogP contribution in [0.25, 0.3) is 0 Å². The van der Waals surface area contributed by atoms with E-state index in [2.05, 4.69) is 15.6 Å². The second-order valence-electron chi connectivity index (χ2n) is 4.23. The van der Waals surface area contributed by atoms with Crippen LogP contribution < -0.4 is 10.1 Å². The van der Waals surface area contributed by atoms with Gasteiger partial charge in [0.15, 0.2) is 5.69 Å². The lowest BCUT2D eigenvalue weighted by molar-refractivity contribution is -0.117. The first kappa shape index (κ1) is 14.5. The zero-order chi connectivity index (χ0) is 15.4. The van der Waals surface area contributed by atoms with Gasteiger partial charge in [-0.25, -0.2) is 9.48 Å². The fourth-order valence-corrected chi connectivity index (χ4v) is 1.78. The van der Waals surface area contributed by atoms with Gasteiger partial charge in [-0.3, -0.25) is 4.79 Å². The van der Waals surface area contributed by atoms with Crippen molar-refractivity contribution in [1.82, 2.24) is 15.0 Å². The number of carbonyl (C=O) groups is 2. The van der Waals surface area contributed by atoms with Crippen molar-refractivity contribution in [2.45, 2.75) is 13.5 Å². The summed E-state index contributed by atoms with van der Waals surface area (Å²) >= 11 is 0. The van der Waals surface area contributed by atoms with E-state index in [9.17, 15) is 9.59 Å². The lowest BCUT2D eigenvalue weighted by atomic mass is 10.3. The summed E-state index contributed by atoms with van der Waals surface area (Å²) in [6.45, 7) is 1.41. The van der Waals surface area contributed by atoms with E-state index in [0.717, 1.165) is 0 Å². The smallest absolute Gasteiger partial charge is 0.358 e. The molecule has 0 fully saturated rings. The summed E-state index contributed by atoms with van der Waals surface area (Å²) in [6, 6.07) is 6.98. The van der Waals surface area contributed by atoms with Crippen LogP contribution in [0.2, 0.25) is 0 Å². The van der Waals surface area contributed by atoms with E-state index in [1.165, 1.54) is 11.8 Å². The average molecular weight is 290 g/mol. The van der Waals surface area contributed by atoms with Crippen molar-refractivity contribution in [3.8, 4) is 5.75 Å². The molecule has 2 rings (SSSR count). The molecule has 0 atom stereocenters. The molecule has 2 aromatic rings. The summed E-state index contributed by atoms with van der Waals surface area (Å²) in [7, 11) is 1.51. The Bertz CT molecular complexity index is 681. The number of para-hydroxylation sites is 2. The number of nitrogens with zero attached hydrogens (tertiary/aromatic N) is 3. The molecule has 1 amide bonds. The molecule has 1 aromatic heterocycles. The zero-order valence-corrected chi connectivity index (χ0v) is 11.5. The number of anilines is 1. The van der Waals surface area contributed by atoms with Gasteiger partial charge in [0, 0.05) is 0 Å². The third-order valence-electron chi connectivity index (χ3n) is 2.86. The van der Waals surface area contributed by atoms with Crippen molar-refractivity contribution in [2.75, 3.05) is 12.4 Å². The molecule has 0 radical (unpaired) electrons. The minimum absolute atomic E-state index is 0.135. The molecule has 8 heteroatoms. The maximum absolute atomic E-state index is 12.0. The minimum atomic E-state index is -1.18.